The highest BCUT2D eigenvalue weighted by molar-refractivity contribution is 7.96. The Labute approximate surface area is 211 Å². The topological polar surface area (TPSA) is 93.6 Å². The second kappa shape index (κ2) is 8.05. The van der Waals surface area contributed by atoms with Gasteiger partial charge in [-0.2, -0.15) is 0 Å². The Morgan fingerprint density at radius 2 is 2.00 bits per heavy atom. The largest absolute Gasteiger partial charge is 0.418 e. The molecule has 3 saturated carbocycles. The number of aromatic nitrogens is 1. The first-order valence-electron chi connectivity index (χ1n) is 11.7. The molecule has 188 valence electrons. The summed E-state index contributed by atoms with van der Waals surface area (Å²) in [7, 11) is 0. The first-order chi connectivity index (χ1) is 16.3. The van der Waals surface area contributed by atoms with E-state index in [1.165, 1.54) is 25.3 Å². The molecule has 1 N–H and O–H groups in total. The lowest BCUT2D eigenvalue weighted by Gasteiger charge is -2.62. The van der Waals surface area contributed by atoms with E-state index in [1.807, 2.05) is 13.8 Å². The van der Waals surface area contributed by atoms with Crippen molar-refractivity contribution in [2.45, 2.75) is 58.0 Å². The van der Waals surface area contributed by atoms with E-state index in [2.05, 4.69) is 17.0 Å². The molecule has 9 atom stereocenters. The van der Waals surface area contributed by atoms with Crippen LogP contribution < -0.4 is 0 Å². The summed E-state index contributed by atoms with van der Waals surface area (Å²) in [4.78, 5) is 37.8. The molecule has 0 spiro atoms. The predicted molar refractivity (Wildman–Crippen MR) is 127 cm³/mol. The summed E-state index contributed by atoms with van der Waals surface area (Å²) in [5.74, 6) is -3.78. The van der Waals surface area contributed by atoms with Crippen molar-refractivity contribution in [2.24, 2.45) is 34.5 Å². The highest BCUT2D eigenvalue weighted by Gasteiger charge is 2.73. The number of ether oxygens (including phenoxy) is 1. The smallest absolute Gasteiger partial charge is 0.355 e. The standard InChI is InChI=1S/C25H27F2NO5S2/c1-11-6-12-13-7-15(26)14-8-16(29)17(33-21(31)18-4-5-28-35-18)9-24(14,3)25(13,27)19(30)10-23(12,2)20(11)22(32)34/h4-5,8-9,11-13,15,19-20,30H,6-7,10H2,1-3H3,(H,32,34)/t11-,12+,13+,15+,19+,20+,23+,24+,25+/m1/s1. The van der Waals surface area contributed by atoms with Crippen LogP contribution in [-0.4, -0.2) is 44.3 Å². The van der Waals surface area contributed by atoms with Crippen molar-refractivity contribution < 1.29 is 33.0 Å². The number of hydrogen-bond donors (Lipinski definition) is 2. The SMILES string of the molecule is C[C@@H]1C[C@H]2[C@@H]3C[C@H](F)C4=CC(=O)C(OC(=O)c5ccns5)=C[C@]4(C)[C@@]3(F)[C@@H](O)C[C@]2(C)[C@@H]1C(=O)S. The van der Waals surface area contributed by atoms with E-state index in [0.29, 0.717) is 6.42 Å². The summed E-state index contributed by atoms with van der Waals surface area (Å²) in [6.45, 7) is 5.23. The third-order valence-corrected chi connectivity index (χ3v) is 10.2. The number of esters is 1. The fraction of sp³-hybridized carbons (Fsp3) is 0.600. The fourth-order valence-electron chi connectivity index (χ4n) is 7.71. The normalized spacial score (nSPS) is 44.5. The molecule has 0 aliphatic heterocycles. The molecule has 0 radical (unpaired) electrons. The summed E-state index contributed by atoms with van der Waals surface area (Å²) in [6, 6.07) is 1.43. The van der Waals surface area contributed by atoms with Gasteiger partial charge in [0.15, 0.2) is 16.5 Å². The number of rotatable bonds is 3. The Hall–Kier alpha value is -1.91. The molecule has 4 aliphatic carbocycles. The minimum atomic E-state index is -2.33. The average molecular weight is 524 g/mol. The molecular weight excluding hydrogens is 496 g/mol. The van der Waals surface area contributed by atoms with Gasteiger partial charge >= 0.3 is 5.97 Å². The molecule has 0 aromatic carbocycles. The van der Waals surface area contributed by atoms with Gasteiger partial charge in [0.05, 0.1) is 11.5 Å². The van der Waals surface area contributed by atoms with Crippen molar-refractivity contribution in [3.8, 4) is 0 Å². The molecule has 1 aromatic heterocycles. The molecule has 0 bridgehead atoms. The average Bonchev–Trinajstić information content (AvgIpc) is 3.38. The molecule has 0 saturated heterocycles. The van der Waals surface area contributed by atoms with E-state index in [4.69, 9.17) is 4.74 Å². The minimum Gasteiger partial charge on any atom is -0.418 e. The Balaban J connectivity index is 1.58. The molecule has 1 heterocycles. The number of carbonyl (C=O) groups is 3. The second-order valence-corrected chi connectivity index (χ2v) is 12.2. The number of halogens is 2. The summed E-state index contributed by atoms with van der Waals surface area (Å²) in [5, 5.41) is 11.0. The van der Waals surface area contributed by atoms with Gasteiger partial charge in [-0.15, -0.1) is 12.6 Å². The first kappa shape index (κ1) is 24.8. The Bertz CT molecular complexity index is 1170. The van der Waals surface area contributed by atoms with E-state index < -0.39 is 58.1 Å². The van der Waals surface area contributed by atoms with Crippen molar-refractivity contribution in [3.63, 3.8) is 0 Å². The zero-order valence-corrected chi connectivity index (χ0v) is 21.2. The third-order valence-electron chi connectivity index (χ3n) is 9.15. The van der Waals surface area contributed by atoms with Gasteiger partial charge in [-0.25, -0.2) is 17.9 Å². The Kier molecular flexibility index (Phi) is 5.69. The van der Waals surface area contributed by atoms with E-state index in [1.54, 1.807) is 0 Å². The molecule has 4 aliphatic rings. The molecule has 6 nitrogen and oxygen atoms in total. The van der Waals surface area contributed by atoms with Crippen LogP contribution >= 0.6 is 24.2 Å². The van der Waals surface area contributed by atoms with Crippen LogP contribution in [0.15, 0.2) is 35.7 Å². The highest BCUT2D eigenvalue weighted by atomic mass is 32.1. The van der Waals surface area contributed by atoms with E-state index in [-0.39, 0.29) is 40.2 Å². The van der Waals surface area contributed by atoms with Crippen LogP contribution in [0.5, 0.6) is 0 Å². The summed E-state index contributed by atoms with van der Waals surface area (Å²) in [6.07, 6.45) is 0.753. The second-order valence-electron chi connectivity index (χ2n) is 10.9. The molecule has 0 unspecified atom stereocenters. The van der Waals surface area contributed by atoms with Crippen LogP contribution in [0.2, 0.25) is 0 Å². The van der Waals surface area contributed by atoms with Gasteiger partial charge in [-0.1, -0.05) is 13.8 Å². The van der Waals surface area contributed by atoms with Crippen molar-refractivity contribution in [1.82, 2.24) is 4.37 Å². The monoisotopic (exact) mass is 523 g/mol. The third kappa shape index (κ3) is 3.28. The van der Waals surface area contributed by atoms with E-state index >= 15 is 8.78 Å². The number of ketones is 1. The molecule has 35 heavy (non-hydrogen) atoms. The number of fused-ring (bicyclic) bond motifs is 5. The van der Waals surface area contributed by atoms with Crippen molar-refractivity contribution in [1.29, 1.82) is 0 Å². The minimum absolute atomic E-state index is 0.00354. The Morgan fingerprint density at radius 1 is 1.29 bits per heavy atom. The van der Waals surface area contributed by atoms with Crippen LogP contribution in [0, 0.1) is 34.5 Å². The number of thiol groups is 1. The highest BCUT2D eigenvalue weighted by Crippen LogP contribution is 2.70. The van der Waals surface area contributed by atoms with Gasteiger partial charge in [0.2, 0.25) is 5.78 Å². The van der Waals surface area contributed by atoms with E-state index in [9.17, 15) is 19.5 Å². The maximum Gasteiger partial charge on any atom is 0.355 e. The zero-order chi connectivity index (χ0) is 25.5. The van der Waals surface area contributed by atoms with Gasteiger partial charge in [-0.3, -0.25) is 9.59 Å². The summed E-state index contributed by atoms with van der Waals surface area (Å²) >= 11 is 4.97. The van der Waals surface area contributed by atoms with Gasteiger partial charge < -0.3 is 9.84 Å². The van der Waals surface area contributed by atoms with Gasteiger partial charge in [0.25, 0.3) is 0 Å². The molecule has 0 amide bonds. The van der Waals surface area contributed by atoms with Crippen LogP contribution in [0.1, 0.15) is 49.7 Å². The summed E-state index contributed by atoms with van der Waals surface area (Å²) in [5.41, 5.74) is -4.85. The van der Waals surface area contributed by atoms with Crippen molar-refractivity contribution in [3.05, 3.63) is 40.6 Å². The number of nitrogens with zero attached hydrogens (tertiary/aromatic N) is 1. The Morgan fingerprint density at radius 3 is 2.63 bits per heavy atom. The van der Waals surface area contributed by atoms with Crippen LogP contribution in [0.4, 0.5) is 8.78 Å². The maximum absolute atomic E-state index is 17.4. The quantitative estimate of drug-likeness (QED) is 0.454. The van der Waals surface area contributed by atoms with Crippen LogP contribution in [-0.2, 0) is 14.3 Å². The lowest BCUT2D eigenvalue weighted by atomic mass is 9.45. The first-order valence-corrected chi connectivity index (χ1v) is 12.9. The number of hydrogen-bond acceptors (Lipinski definition) is 7. The molecule has 3 fully saturated rings. The molecular formula is C25H27F2NO5S2. The number of carbonyl (C=O) groups excluding carboxylic acids is 3. The molecule has 10 heteroatoms. The summed E-state index contributed by atoms with van der Waals surface area (Å²) < 4.78 is 42.2. The zero-order valence-electron chi connectivity index (χ0n) is 19.5. The number of alkyl halides is 2. The number of allylic oxidation sites excluding steroid dienone is 3. The van der Waals surface area contributed by atoms with E-state index in [0.717, 1.165) is 17.6 Å². The molecule has 1 aromatic rings. The van der Waals surface area contributed by atoms with Crippen LogP contribution in [0.3, 0.4) is 0 Å². The van der Waals surface area contributed by atoms with Crippen LogP contribution in [0.25, 0.3) is 0 Å². The predicted octanol–water partition coefficient (Wildman–Crippen LogP) is 4.27. The lowest BCUT2D eigenvalue weighted by molar-refractivity contribution is -0.201. The van der Waals surface area contributed by atoms with Gasteiger partial charge in [0.1, 0.15) is 11.0 Å². The van der Waals surface area contributed by atoms with Gasteiger partial charge in [0, 0.05) is 18.0 Å². The molecule has 5 rings (SSSR count). The van der Waals surface area contributed by atoms with Crippen molar-refractivity contribution in [2.75, 3.05) is 0 Å². The van der Waals surface area contributed by atoms with Gasteiger partial charge in [-0.05, 0) is 78.8 Å². The maximum atomic E-state index is 17.4. The lowest BCUT2D eigenvalue weighted by Crippen LogP contribution is -2.68. The number of aliphatic hydroxyl groups excluding tert-OH is 1. The number of aliphatic hydroxyl groups is 1. The fourth-order valence-corrected chi connectivity index (χ4v) is 8.74. The van der Waals surface area contributed by atoms with Crippen molar-refractivity contribution >= 4 is 41.0 Å².